The number of hydrogen-bond acceptors (Lipinski definition) is 6. The SMILES string of the molecule is CC1C=CC=NC1c1cc(-c2ccccn2)cc2c1oc1cccc(-c3nc(-c4ccccc4)nc(-c4ccc(-c5ccccc5)cc4)n3)c12. The van der Waals surface area contributed by atoms with Crippen LogP contribution in [-0.2, 0) is 0 Å². The lowest BCUT2D eigenvalue weighted by Gasteiger charge is -2.21. The third-order valence-electron chi connectivity index (χ3n) is 9.31. The van der Waals surface area contributed by atoms with E-state index >= 15 is 0 Å². The van der Waals surface area contributed by atoms with Gasteiger partial charge in [-0.25, -0.2) is 15.0 Å². The van der Waals surface area contributed by atoms with Crippen molar-refractivity contribution in [2.75, 3.05) is 0 Å². The molecule has 238 valence electrons. The molecule has 4 heterocycles. The molecule has 0 aliphatic carbocycles. The summed E-state index contributed by atoms with van der Waals surface area (Å²) in [6, 6.07) is 45.1. The molecule has 0 N–H and O–H groups in total. The first kappa shape index (κ1) is 29.6. The van der Waals surface area contributed by atoms with E-state index in [-0.39, 0.29) is 12.0 Å². The number of pyridine rings is 1. The van der Waals surface area contributed by atoms with E-state index in [1.807, 2.05) is 85.2 Å². The zero-order valence-corrected chi connectivity index (χ0v) is 27.3. The number of rotatable bonds is 6. The summed E-state index contributed by atoms with van der Waals surface area (Å²) in [7, 11) is 0. The Morgan fingerprint density at radius 3 is 1.96 bits per heavy atom. The van der Waals surface area contributed by atoms with Gasteiger partial charge in [0.2, 0.25) is 0 Å². The molecule has 50 heavy (non-hydrogen) atoms. The van der Waals surface area contributed by atoms with Crippen molar-refractivity contribution in [1.82, 2.24) is 19.9 Å². The Balaban J connectivity index is 1.27. The van der Waals surface area contributed by atoms with Crippen molar-refractivity contribution in [3.05, 3.63) is 157 Å². The maximum absolute atomic E-state index is 6.73. The van der Waals surface area contributed by atoms with Crippen molar-refractivity contribution in [2.24, 2.45) is 10.9 Å². The average molecular weight is 646 g/mol. The fraction of sp³-hybridized carbons (Fsp3) is 0.0682. The lowest BCUT2D eigenvalue weighted by atomic mass is 9.89. The summed E-state index contributed by atoms with van der Waals surface area (Å²) in [5, 5.41) is 1.92. The number of dihydropyridines is 1. The van der Waals surface area contributed by atoms with Crippen LogP contribution in [0, 0.1) is 5.92 Å². The minimum absolute atomic E-state index is 0.0949. The first-order chi connectivity index (χ1) is 24.7. The van der Waals surface area contributed by atoms with Crippen LogP contribution in [0.5, 0.6) is 0 Å². The van der Waals surface area contributed by atoms with Gasteiger partial charge < -0.3 is 4.42 Å². The normalized spacial score (nSPS) is 15.5. The van der Waals surface area contributed by atoms with Crippen LogP contribution in [0.25, 0.3) is 78.5 Å². The molecule has 0 radical (unpaired) electrons. The molecule has 0 fully saturated rings. The van der Waals surface area contributed by atoms with Crippen molar-refractivity contribution in [3.63, 3.8) is 0 Å². The summed E-state index contributed by atoms with van der Waals surface area (Å²) in [5.74, 6) is 1.98. The molecule has 5 aromatic carbocycles. The third-order valence-corrected chi connectivity index (χ3v) is 9.31. The molecule has 2 atom stereocenters. The van der Waals surface area contributed by atoms with Gasteiger partial charge in [0.05, 0.1) is 11.7 Å². The van der Waals surface area contributed by atoms with Gasteiger partial charge in [-0.2, -0.15) is 0 Å². The quantitative estimate of drug-likeness (QED) is 0.180. The highest BCUT2D eigenvalue weighted by Crippen LogP contribution is 2.43. The van der Waals surface area contributed by atoms with Crippen LogP contribution in [0.1, 0.15) is 18.5 Å². The zero-order chi connectivity index (χ0) is 33.4. The Morgan fingerprint density at radius 2 is 1.24 bits per heavy atom. The van der Waals surface area contributed by atoms with E-state index < -0.39 is 0 Å². The van der Waals surface area contributed by atoms with Gasteiger partial charge in [0.25, 0.3) is 0 Å². The number of benzene rings is 5. The topological polar surface area (TPSA) is 77.1 Å². The highest BCUT2D eigenvalue weighted by atomic mass is 16.3. The summed E-state index contributed by atoms with van der Waals surface area (Å²) in [6.45, 7) is 2.19. The van der Waals surface area contributed by atoms with Crippen LogP contribution in [-0.4, -0.2) is 26.2 Å². The van der Waals surface area contributed by atoms with Gasteiger partial charge in [0, 0.05) is 56.9 Å². The number of fused-ring (bicyclic) bond motifs is 3. The molecule has 6 nitrogen and oxygen atoms in total. The molecule has 0 spiro atoms. The maximum Gasteiger partial charge on any atom is 0.164 e. The van der Waals surface area contributed by atoms with Gasteiger partial charge in [-0.1, -0.05) is 116 Å². The molecule has 6 heteroatoms. The predicted molar refractivity (Wildman–Crippen MR) is 202 cm³/mol. The zero-order valence-electron chi connectivity index (χ0n) is 27.3. The monoisotopic (exact) mass is 645 g/mol. The number of allylic oxidation sites excluding steroid dienone is 1. The molecule has 0 amide bonds. The molecule has 1 aliphatic rings. The Hall–Kier alpha value is -6.53. The van der Waals surface area contributed by atoms with Gasteiger partial charge in [0.15, 0.2) is 17.5 Å². The second kappa shape index (κ2) is 12.5. The van der Waals surface area contributed by atoms with Crippen LogP contribution in [0.2, 0.25) is 0 Å². The summed E-state index contributed by atoms with van der Waals surface area (Å²) in [4.78, 5) is 24.8. The van der Waals surface area contributed by atoms with Crippen molar-refractivity contribution in [2.45, 2.75) is 13.0 Å². The fourth-order valence-electron chi connectivity index (χ4n) is 6.80. The smallest absolute Gasteiger partial charge is 0.164 e. The number of aliphatic imine (C=N–C) groups is 1. The van der Waals surface area contributed by atoms with Crippen molar-refractivity contribution in [1.29, 1.82) is 0 Å². The molecule has 0 saturated carbocycles. The van der Waals surface area contributed by atoms with Crippen molar-refractivity contribution < 1.29 is 4.42 Å². The molecular weight excluding hydrogens is 615 g/mol. The van der Waals surface area contributed by atoms with Crippen molar-refractivity contribution in [3.8, 4) is 56.5 Å². The fourth-order valence-corrected chi connectivity index (χ4v) is 6.80. The third kappa shape index (κ3) is 5.37. The standard InChI is InChI=1S/C44H31N5O/c1-28-12-11-25-46-40(28)36-27-33(37-18-8-9-24-45-37)26-35-39-34(17-10-19-38(39)50-41(35)36)44-48-42(31-15-6-3-7-16-31)47-43(49-44)32-22-20-30(21-23-32)29-13-4-2-5-14-29/h2-28,40H,1H3. The summed E-state index contributed by atoms with van der Waals surface area (Å²) >= 11 is 0. The number of furan rings is 1. The minimum atomic E-state index is -0.0949. The Kier molecular flexibility index (Phi) is 7.39. The molecule has 2 unspecified atom stereocenters. The van der Waals surface area contributed by atoms with Gasteiger partial charge >= 0.3 is 0 Å². The van der Waals surface area contributed by atoms with Gasteiger partial charge in [-0.3, -0.25) is 9.98 Å². The lowest BCUT2D eigenvalue weighted by molar-refractivity contribution is 0.557. The molecule has 3 aromatic heterocycles. The largest absolute Gasteiger partial charge is 0.456 e. The van der Waals surface area contributed by atoms with E-state index in [1.54, 1.807) is 0 Å². The Morgan fingerprint density at radius 1 is 0.580 bits per heavy atom. The Labute approximate surface area is 289 Å². The number of hydrogen-bond donors (Lipinski definition) is 0. The van der Waals surface area contributed by atoms with E-state index in [0.717, 1.165) is 66.6 Å². The Bertz CT molecular complexity index is 2540. The number of nitrogens with zero attached hydrogens (tertiary/aromatic N) is 5. The molecular formula is C44H31N5O. The molecule has 0 bridgehead atoms. The average Bonchev–Trinajstić information content (AvgIpc) is 3.58. The van der Waals surface area contributed by atoms with E-state index in [9.17, 15) is 0 Å². The number of aromatic nitrogens is 4. The summed E-state index contributed by atoms with van der Waals surface area (Å²) in [6.07, 6.45) is 7.90. The van der Waals surface area contributed by atoms with Crippen LogP contribution < -0.4 is 0 Å². The van der Waals surface area contributed by atoms with Gasteiger partial charge in [-0.05, 0) is 47.5 Å². The van der Waals surface area contributed by atoms with Gasteiger partial charge in [0.1, 0.15) is 11.2 Å². The first-order valence-electron chi connectivity index (χ1n) is 16.8. The molecule has 9 rings (SSSR count). The van der Waals surface area contributed by atoms with Gasteiger partial charge in [-0.15, -0.1) is 0 Å². The van der Waals surface area contributed by atoms with Crippen LogP contribution in [0.15, 0.2) is 161 Å². The highest BCUT2D eigenvalue weighted by Gasteiger charge is 2.26. The van der Waals surface area contributed by atoms with Crippen LogP contribution in [0.3, 0.4) is 0 Å². The molecule has 1 aliphatic heterocycles. The van der Waals surface area contributed by atoms with E-state index in [4.69, 9.17) is 29.3 Å². The summed E-state index contributed by atoms with van der Waals surface area (Å²) < 4.78 is 6.73. The van der Waals surface area contributed by atoms with E-state index in [0.29, 0.717) is 17.5 Å². The lowest BCUT2D eigenvalue weighted by Crippen LogP contribution is -2.09. The first-order valence-corrected chi connectivity index (χ1v) is 16.8. The second-order valence-corrected chi connectivity index (χ2v) is 12.5. The second-order valence-electron chi connectivity index (χ2n) is 12.5. The minimum Gasteiger partial charge on any atom is -0.456 e. The molecule has 8 aromatic rings. The van der Waals surface area contributed by atoms with Crippen molar-refractivity contribution >= 4 is 28.2 Å². The van der Waals surface area contributed by atoms with E-state index in [2.05, 4.69) is 79.7 Å². The predicted octanol–water partition coefficient (Wildman–Crippen LogP) is 10.8. The maximum atomic E-state index is 6.73. The van der Waals surface area contributed by atoms with E-state index in [1.165, 1.54) is 0 Å². The summed E-state index contributed by atoms with van der Waals surface area (Å²) in [5.41, 5.74) is 9.47. The highest BCUT2D eigenvalue weighted by molar-refractivity contribution is 6.13. The van der Waals surface area contributed by atoms with Crippen LogP contribution >= 0.6 is 0 Å². The molecule has 0 saturated heterocycles. The van der Waals surface area contributed by atoms with Crippen LogP contribution in [0.4, 0.5) is 0 Å².